The van der Waals surface area contributed by atoms with E-state index in [1.54, 1.807) is 49.4 Å². The molecule has 0 bridgehead atoms. The molecular weight excluding hydrogens is 432 g/mol. The number of hydrogen-bond donors (Lipinski definition) is 0. The van der Waals surface area contributed by atoms with Crippen molar-refractivity contribution >= 4 is 21.1 Å². The molecule has 1 heterocycles. The van der Waals surface area contributed by atoms with Crippen molar-refractivity contribution < 1.29 is 26.5 Å². The number of ether oxygens (including phenoxy) is 2. The van der Waals surface area contributed by atoms with E-state index in [1.807, 2.05) is 0 Å². The maximum atomic E-state index is 12.8. The van der Waals surface area contributed by atoms with Crippen LogP contribution in [0, 0.1) is 6.92 Å². The fraction of sp³-hybridized carbons (Fsp3) is 0.125. The van der Waals surface area contributed by atoms with Crippen molar-refractivity contribution in [3.05, 3.63) is 82.7 Å². The summed E-state index contributed by atoms with van der Waals surface area (Å²) < 4.78 is 46.3. The summed E-state index contributed by atoms with van der Waals surface area (Å²) in [6, 6.07) is 17.5. The maximum absolute atomic E-state index is 12.8. The molecule has 0 spiro atoms. The molecular formula is C24H20O7S. The fourth-order valence-electron chi connectivity index (χ4n) is 3.48. The molecule has 0 radical (unpaired) electrons. The molecule has 0 unspecified atom stereocenters. The van der Waals surface area contributed by atoms with E-state index >= 15 is 0 Å². The molecule has 0 fully saturated rings. The Hall–Kier alpha value is -3.78. The van der Waals surface area contributed by atoms with Crippen LogP contribution in [0.3, 0.4) is 0 Å². The zero-order chi connectivity index (χ0) is 22.9. The molecule has 0 aliphatic heterocycles. The van der Waals surface area contributed by atoms with Crippen molar-refractivity contribution in [2.45, 2.75) is 11.8 Å². The Labute approximate surface area is 184 Å². The van der Waals surface area contributed by atoms with Gasteiger partial charge in [0.05, 0.1) is 19.8 Å². The lowest BCUT2D eigenvalue weighted by atomic mass is 9.99. The van der Waals surface area contributed by atoms with Gasteiger partial charge in [-0.2, -0.15) is 8.42 Å². The second-order valence-corrected chi connectivity index (χ2v) is 8.51. The highest BCUT2D eigenvalue weighted by atomic mass is 32.2. The zero-order valence-corrected chi connectivity index (χ0v) is 18.4. The van der Waals surface area contributed by atoms with Crippen LogP contribution in [0.15, 0.2) is 80.8 Å². The van der Waals surface area contributed by atoms with Gasteiger partial charge in [0.25, 0.3) is 0 Å². The molecule has 0 saturated heterocycles. The normalized spacial score (nSPS) is 11.3. The van der Waals surface area contributed by atoms with Crippen molar-refractivity contribution in [2.75, 3.05) is 14.2 Å². The zero-order valence-electron chi connectivity index (χ0n) is 17.6. The molecule has 0 aliphatic carbocycles. The van der Waals surface area contributed by atoms with Crippen LogP contribution >= 0.6 is 0 Å². The van der Waals surface area contributed by atoms with Gasteiger partial charge in [-0.3, -0.25) is 0 Å². The first kappa shape index (κ1) is 21.5. The van der Waals surface area contributed by atoms with Gasteiger partial charge in [-0.1, -0.05) is 24.3 Å². The monoisotopic (exact) mass is 452 g/mol. The number of methoxy groups -OCH3 is 2. The van der Waals surface area contributed by atoms with Gasteiger partial charge in [-0.25, -0.2) is 4.79 Å². The van der Waals surface area contributed by atoms with Crippen LogP contribution < -0.4 is 19.3 Å². The lowest BCUT2D eigenvalue weighted by molar-refractivity contribution is 0.355. The fourth-order valence-corrected chi connectivity index (χ4v) is 4.42. The summed E-state index contributed by atoms with van der Waals surface area (Å²) in [6.07, 6.45) is 0. The van der Waals surface area contributed by atoms with Crippen molar-refractivity contribution in [3.8, 4) is 28.4 Å². The Balaban J connectivity index is 1.77. The summed E-state index contributed by atoms with van der Waals surface area (Å²) >= 11 is 0. The molecule has 32 heavy (non-hydrogen) atoms. The minimum absolute atomic E-state index is 0.0292. The molecule has 8 heteroatoms. The van der Waals surface area contributed by atoms with E-state index in [-0.39, 0.29) is 16.2 Å². The molecule has 3 aromatic carbocycles. The van der Waals surface area contributed by atoms with E-state index in [0.717, 1.165) is 0 Å². The highest BCUT2D eigenvalue weighted by Crippen LogP contribution is 2.34. The molecule has 0 amide bonds. The average molecular weight is 452 g/mol. The summed E-state index contributed by atoms with van der Waals surface area (Å²) in [6.45, 7) is 1.80. The second kappa shape index (κ2) is 8.39. The highest BCUT2D eigenvalue weighted by molar-refractivity contribution is 7.87. The van der Waals surface area contributed by atoms with E-state index in [4.69, 9.17) is 18.1 Å². The number of hydrogen-bond acceptors (Lipinski definition) is 7. The molecule has 164 valence electrons. The average Bonchev–Trinajstić information content (AvgIpc) is 2.79. The molecule has 4 aromatic rings. The van der Waals surface area contributed by atoms with E-state index < -0.39 is 15.7 Å². The number of aryl methyl sites for hydroxylation is 1. The Kier molecular flexibility index (Phi) is 5.63. The first-order chi connectivity index (χ1) is 15.3. The van der Waals surface area contributed by atoms with E-state index in [2.05, 4.69) is 0 Å². The van der Waals surface area contributed by atoms with Crippen LogP contribution in [0.25, 0.3) is 22.1 Å². The standard InChI is InChI=1S/C24H20O7S/c1-15-19-11-10-17(31-32(26,27)18-7-5-4-6-8-18)14-21(19)30-24(25)23(15)16-9-12-20(28-2)22(13-16)29-3/h4-14H,1-3H3. The molecule has 0 aliphatic rings. The van der Waals surface area contributed by atoms with Crippen LogP contribution in [0.4, 0.5) is 0 Å². The molecule has 0 atom stereocenters. The van der Waals surface area contributed by atoms with Crippen molar-refractivity contribution in [1.82, 2.24) is 0 Å². The van der Waals surface area contributed by atoms with Gasteiger partial charge in [-0.15, -0.1) is 0 Å². The predicted octanol–water partition coefficient (Wildman–Crippen LogP) is 4.55. The molecule has 1 aromatic heterocycles. The van der Waals surface area contributed by atoms with E-state index in [0.29, 0.717) is 33.6 Å². The van der Waals surface area contributed by atoms with Gasteiger partial charge in [0, 0.05) is 11.5 Å². The molecule has 7 nitrogen and oxygen atoms in total. The lowest BCUT2D eigenvalue weighted by Crippen LogP contribution is -2.10. The first-order valence-electron chi connectivity index (χ1n) is 9.63. The van der Waals surface area contributed by atoms with Crippen molar-refractivity contribution in [2.24, 2.45) is 0 Å². The van der Waals surface area contributed by atoms with Crippen LogP contribution in [0.5, 0.6) is 17.2 Å². The number of benzene rings is 3. The van der Waals surface area contributed by atoms with Gasteiger partial charge >= 0.3 is 15.7 Å². The van der Waals surface area contributed by atoms with Gasteiger partial charge in [0.15, 0.2) is 11.5 Å². The van der Waals surface area contributed by atoms with E-state index in [1.165, 1.54) is 38.5 Å². The highest BCUT2D eigenvalue weighted by Gasteiger charge is 2.19. The SMILES string of the molecule is COc1ccc(-c2c(C)c3ccc(OS(=O)(=O)c4ccccc4)cc3oc2=O)cc1OC. The second-order valence-electron chi connectivity index (χ2n) is 6.97. The predicted molar refractivity (Wildman–Crippen MR) is 120 cm³/mol. The Morgan fingerprint density at radius 1 is 0.844 bits per heavy atom. The summed E-state index contributed by atoms with van der Waals surface area (Å²) in [5.41, 5.74) is 1.33. The van der Waals surface area contributed by atoms with Gasteiger partial charge in [-0.05, 0) is 54.4 Å². The minimum Gasteiger partial charge on any atom is -0.493 e. The minimum atomic E-state index is -4.01. The maximum Gasteiger partial charge on any atom is 0.344 e. The topological polar surface area (TPSA) is 92.0 Å². The summed E-state index contributed by atoms with van der Waals surface area (Å²) in [4.78, 5) is 12.9. The Morgan fingerprint density at radius 3 is 2.25 bits per heavy atom. The van der Waals surface area contributed by atoms with Gasteiger partial charge in [0.2, 0.25) is 0 Å². The number of fused-ring (bicyclic) bond motifs is 1. The Bertz CT molecular complexity index is 1460. The van der Waals surface area contributed by atoms with Crippen LogP contribution in [0.1, 0.15) is 5.56 Å². The van der Waals surface area contributed by atoms with Gasteiger partial charge in [0.1, 0.15) is 16.2 Å². The third kappa shape index (κ3) is 3.92. The van der Waals surface area contributed by atoms with Crippen molar-refractivity contribution in [1.29, 1.82) is 0 Å². The molecule has 4 rings (SSSR count). The lowest BCUT2D eigenvalue weighted by Gasteiger charge is -2.12. The largest absolute Gasteiger partial charge is 0.493 e. The quantitative estimate of drug-likeness (QED) is 0.313. The Morgan fingerprint density at radius 2 is 1.56 bits per heavy atom. The molecule has 0 saturated carbocycles. The van der Waals surface area contributed by atoms with Crippen LogP contribution in [-0.2, 0) is 10.1 Å². The molecule has 0 N–H and O–H groups in total. The third-order valence-corrected chi connectivity index (χ3v) is 6.31. The smallest absolute Gasteiger partial charge is 0.344 e. The first-order valence-corrected chi connectivity index (χ1v) is 11.0. The summed E-state index contributed by atoms with van der Waals surface area (Å²) in [5, 5.41) is 0.652. The summed E-state index contributed by atoms with van der Waals surface area (Å²) in [5.74, 6) is 1.07. The van der Waals surface area contributed by atoms with E-state index in [9.17, 15) is 13.2 Å². The third-order valence-electron chi connectivity index (χ3n) is 5.05. The van der Waals surface area contributed by atoms with Crippen LogP contribution in [-0.4, -0.2) is 22.6 Å². The van der Waals surface area contributed by atoms with Crippen molar-refractivity contribution in [3.63, 3.8) is 0 Å². The van der Waals surface area contributed by atoms with Gasteiger partial charge < -0.3 is 18.1 Å². The number of rotatable bonds is 6. The van der Waals surface area contributed by atoms with Crippen LogP contribution in [0.2, 0.25) is 0 Å². The summed E-state index contributed by atoms with van der Waals surface area (Å²) in [7, 11) is -0.964.